The molecule has 0 atom stereocenters. The molecule has 0 heterocycles. The molecule has 1 amide bonds. The van der Waals surface area contributed by atoms with Gasteiger partial charge in [-0.3, -0.25) is 9.59 Å². The van der Waals surface area contributed by atoms with Crippen LogP contribution in [0.3, 0.4) is 0 Å². The molecule has 13 heavy (non-hydrogen) atoms. The van der Waals surface area contributed by atoms with E-state index >= 15 is 0 Å². The summed E-state index contributed by atoms with van der Waals surface area (Å²) in [5.41, 5.74) is -0.235. The first-order valence-electron chi connectivity index (χ1n) is 4.65. The molecular formula is C10H15NO2. The van der Waals surface area contributed by atoms with E-state index in [1.165, 1.54) is 0 Å². The van der Waals surface area contributed by atoms with E-state index in [2.05, 4.69) is 0 Å². The minimum Gasteiger partial charge on any atom is -0.348 e. The molecule has 3 nitrogen and oxygen atoms in total. The maximum absolute atomic E-state index is 11.7. The maximum Gasteiger partial charge on any atom is 0.228 e. The number of nitrogens with zero attached hydrogens (tertiary/aromatic N) is 1. The van der Waals surface area contributed by atoms with E-state index in [9.17, 15) is 9.59 Å². The van der Waals surface area contributed by atoms with Gasteiger partial charge in [0.2, 0.25) is 5.91 Å². The van der Waals surface area contributed by atoms with Crippen molar-refractivity contribution in [2.24, 2.45) is 10.8 Å². The van der Waals surface area contributed by atoms with Crippen LogP contribution in [0.1, 0.15) is 26.2 Å². The van der Waals surface area contributed by atoms with Crippen molar-refractivity contribution < 1.29 is 9.59 Å². The first-order valence-corrected chi connectivity index (χ1v) is 4.65. The SMILES string of the molecule is CC(=O)C12CC(C(=O)N(C)C)(C1)C2. The fraction of sp³-hybridized carbons (Fsp3) is 0.800. The number of amides is 1. The largest absolute Gasteiger partial charge is 0.348 e. The second-order valence-corrected chi connectivity index (χ2v) is 4.85. The van der Waals surface area contributed by atoms with Crippen molar-refractivity contribution in [1.82, 2.24) is 4.90 Å². The number of hydrogen-bond acceptors (Lipinski definition) is 2. The first-order chi connectivity index (χ1) is 5.92. The average Bonchev–Trinajstić information content (AvgIpc) is 1.79. The van der Waals surface area contributed by atoms with Gasteiger partial charge in [0.05, 0.1) is 5.41 Å². The molecule has 3 heteroatoms. The lowest BCUT2D eigenvalue weighted by Gasteiger charge is -2.68. The van der Waals surface area contributed by atoms with E-state index in [1.807, 2.05) is 0 Å². The Morgan fingerprint density at radius 2 is 1.54 bits per heavy atom. The molecule has 0 aliphatic heterocycles. The Morgan fingerprint density at radius 1 is 1.08 bits per heavy atom. The highest BCUT2D eigenvalue weighted by Crippen LogP contribution is 2.74. The zero-order valence-electron chi connectivity index (χ0n) is 8.39. The van der Waals surface area contributed by atoms with Crippen molar-refractivity contribution >= 4 is 11.7 Å². The van der Waals surface area contributed by atoms with Crippen LogP contribution >= 0.6 is 0 Å². The van der Waals surface area contributed by atoms with Crippen molar-refractivity contribution in [3.63, 3.8) is 0 Å². The lowest BCUT2D eigenvalue weighted by Crippen LogP contribution is -2.69. The third-order valence-corrected chi connectivity index (χ3v) is 3.64. The number of rotatable bonds is 2. The van der Waals surface area contributed by atoms with Crippen LogP contribution in [-0.4, -0.2) is 30.7 Å². The van der Waals surface area contributed by atoms with Crippen LogP contribution in [0.5, 0.6) is 0 Å². The summed E-state index contributed by atoms with van der Waals surface area (Å²) in [5.74, 6) is 0.469. The van der Waals surface area contributed by atoms with Crippen LogP contribution in [-0.2, 0) is 9.59 Å². The lowest BCUT2D eigenvalue weighted by atomic mass is 9.34. The van der Waals surface area contributed by atoms with E-state index in [4.69, 9.17) is 0 Å². The molecule has 3 saturated carbocycles. The standard InChI is InChI=1S/C10H15NO2/c1-7(12)9-4-10(5-9,6-9)8(13)11(2)3/h4-6H2,1-3H3. The predicted molar refractivity (Wildman–Crippen MR) is 48.1 cm³/mol. The van der Waals surface area contributed by atoms with Gasteiger partial charge < -0.3 is 4.90 Å². The summed E-state index contributed by atoms with van der Waals surface area (Å²) in [7, 11) is 3.56. The summed E-state index contributed by atoms with van der Waals surface area (Å²) in [5, 5.41) is 0. The van der Waals surface area contributed by atoms with Gasteiger partial charge in [-0.15, -0.1) is 0 Å². The molecule has 3 fully saturated rings. The Balaban J connectivity index is 2.04. The highest BCUT2D eigenvalue weighted by molar-refractivity contribution is 5.95. The van der Waals surface area contributed by atoms with Gasteiger partial charge in [-0.2, -0.15) is 0 Å². The summed E-state index contributed by atoms with van der Waals surface area (Å²) in [4.78, 5) is 24.5. The van der Waals surface area contributed by atoms with Crippen LogP contribution in [0.4, 0.5) is 0 Å². The normalized spacial score (nSPS) is 40.2. The third kappa shape index (κ3) is 0.847. The zero-order valence-corrected chi connectivity index (χ0v) is 8.39. The minimum atomic E-state index is -0.144. The number of carbonyl (C=O) groups excluding carboxylic acids is 2. The molecule has 3 aliphatic carbocycles. The number of Topliss-reactive ketones (excluding diaryl/α,β-unsaturated/α-hetero) is 1. The van der Waals surface area contributed by atoms with Gasteiger partial charge in [0.15, 0.2) is 0 Å². The number of hydrogen-bond donors (Lipinski definition) is 0. The molecular weight excluding hydrogens is 166 g/mol. The number of ketones is 1. The summed E-state index contributed by atoms with van der Waals surface area (Å²) < 4.78 is 0. The summed E-state index contributed by atoms with van der Waals surface area (Å²) >= 11 is 0. The molecule has 0 saturated heterocycles. The van der Waals surface area contributed by atoms with E-state index in [0.717, 1.165) is 19.3 Å². The minimum absolute atomic E-state index is 0.0916. The zero-order chi connectivity index (χ0) is 9.85. The molecule has 0 unspecified atom stereocenters. The molecule has 72 valence electrons. The average molecular weight is 181 g/mol. The van der Waals surface area contributed by atoms with Crippen molar-refractivity contribution in [3.8, 4) is 0 Å². The monoisotopic (exact) mass is 181 g/mol. The quantitative estimate of drug-likeness (QED) is 0.633. The van der Waals surface area contributed by atoms with E-state index in [1.54, 1.807) is 25.9 Å². The van der Waals surface area contributed by atoms with Gasteiger partial charge >= 0.3 is 0 Å². The van der Waals surface area contributed by atoms with Gasteiger partial charge in [0, 0.05) is 19.5 Å². The predicted octanol–water partition coefficient (Wildman–Crippen LogP) is 0.834. The third-order valence-electron chi connectivity index (χ3n) is 3.64. The Kier molecular flexibility index (Phi) is 1.44. The fourth-order valence-electron chi connectivity index (χ4n) is 2.86. The van der Waals surface area contributed by atoms with Crippen molar-refractivity contribution in [3.05, 3.63) is 0 Å². The first kappa shape index (κ1) is 8.73. The molecule has 3 rings (SSSR count). The van der Waals surface area contributed by atoms with Crippen LogP contribution in [0.15, 0.2) is 0 Å². The Hall–Kier alpha value is -0.860. The Labute approximate surface area is 78.1 Å². The van der Waals surface area contributed by atoms with Crippen molar-refractivity contribution in [2.75, 3.05) is 14.1 Å². The maximum atomic E-state index is 11.7. The van der Waals surface area contributed by atoms with Crippen molar-refractivity contribution in [2.45, 2.75) is 26.2 Å². The summed E-state index contributed by atoms with van der Waals surface area (Å²) in [6, 6.07) is 0. The molecule has 0 spiro atoms. The highest BCUT2D eigenvalue weighted by atomic mass is 16.2. The van der Waals surface area contributed by atoms with Gasteiger partial charge in [-0.05, 0) is 26.2 Å². The van der Waals surface area contributed by atoms with Crippen LogP contribution in [0, 0.1) is 10.8 Å². The van der Waals surface area contributed by atoms with Gasteiger partial charge in [-0.25, -0.2) is 0 Å². The summed E-state index contributed by atoms with van der Waals surface area (Å²) in [6.45, 7) is 1.64. The van der Waals surface area contributed by atoms with Crippen LogP contribution in [0.25, 0.3) is 0 Å². The molecule has 0 aromatic heterocycles. The molecule has 0 radical (unpaired) electrons. The fourth-order valence-corrected chi connectivity index (χ4v) is 2.86. The van der Waals surface area contributed by atoms with E-state index < -0.39 is 0 Å². The molecule has 0 aromatic carbocycles. The second kappa shape index (κ2) is 2.14. The van der Waals surface area contributed by atoms with Crippen molar-refractivity contribution in [1.29, 1.82) is 0 Å². The van der Waals surface area contributed by atoms with Crippen LogP contribution in [0.2, 0.25) is 0 Å². The highest BCUT2D eigenvalue weighted by Gasteiger charge is 2.73. The molecule has 3 aliphatic rings. The molecule has 0 aromatic rings. The van der Waals surface area contributed by atoms with Gasteiger partial charge in [-0.1, -0.05) is 0 Å². The van der Waals surface area contributed by atoms with Gasteiger partial charge in [0.1, 0.15) is 5.78 Å². The summed E-state index contributed by atoms with van der Waals surface area (Å²) in [6.07, 6.45) is 2.39. The van der Waals surface area contributed by atoms with E-state index in [0.29, 0.717) is 0 Å². The van der Waals surface area contributed by atoms with Crippen LogP contribution < -0.4 is 0 Å². The smallest absolute Gasteiger partial charge is 0.228 e. The topological polar surface area (TPSA) is 37.4 Å². The van der Waals surface area contributed by atoms with E-state index in [-0.39, 0.29) is 22.5 Å². The molecule has 0 N–H and O–H groups in total. The Bertz CT molecular complexity index is 274. The van der Waals surface area contributed by atoms with Gasteiger partial charge in [0.25, 0.3) is 0 Å². The number of carbonyl (C=O) groups is 2. The molecule has 2 bridgehead atoms. The second-order valence-electron chi connectivity index (χ2n) is 4.85. The lowest BCUT2D eigenvalue weighted by molar-refractivity contribution is -0.211. The Morgan fingerprint density at radius 3 is 1.85 bits per heavy atom.